The van der Waals surface area contributed by atoms with E-state index in [0.717, 1.165) is 37.2 Å². The lowest BCUT2D eigenvalue weighted by atomic mass is 9.99. The average Bonchev–Trinajstić information content (AvgIpc) is 2.93. The molecule has 0 spiro atoms. The van der Waals surface area contributed by atoms with Gasteiger partial charge in [0.15, 0.2) is 6.10 Å². The highest BCUT2D eigenvalue weighted by Crippen LogP contribution is 2.38. The zero-order valence-electron chi connectivity index (χ0n) is 15.0. The molecule has 5 nitrogen and oxygen atoms in total. The van der Waals surface area contributed by atoms with Crippen LogP contribution in [0, 0.1) is 0 Å². The van der Waals surface area contributed by atoms with Gasteiger partial charge in [-0.15, -0.1) is 0 Å². The van der Waals surface area contributed by atoms with Gasteiger partial charge in [-0.1, -0.05) is 18.2 Å². The number of amides is 1. The van der Waals surface area contributed by atoms with Crippen molar-refractivity contribution in [3.05, 3.63) is 54.9 Å². The van der Waals surface area contributed by atoms with E-state index in [-0.39, 0.29) is 24.1 Å². The first-order chi connectivity index (χ1) is 12.7. The first kappa shape index (κ1) is 16.9. The van der Waals surface area contributed by atoms with Crippen molar-refractivity contribution in [2.24, 2.45) is 0 Å². The highest BCUT2D eigenvalue weighted by Gasteiger charge is 2.45. The standard InChI is InChI=1S/C21H24N2O3/c1-15(25-18-5-3-2-4-6-18)21(24)23-16-7-8-17(23)14-20(13-16)26-19-9-11-22-12-10-19/h2-6,9-12,15-17,20H,7-8,13-14H2,1H3. The van der Waals surface area contributed by atoms with Gasteiger partial charge in [-0.2, -0.15) is 0 Å². The number of carbonyl (C=O) groups excluding carboxylic acids is 1. The Bertz CT molecular complexity index is 723. The van der Waals surface area contributed by atoms with Crippen molar-refractivity contribution in [3.63, 3.8) is 0 Å². The van der Waals surface area contributed by atoms with E-state index in [9.17, 15) is 4.79 Å². The van der Waals surface area contributed by atoms with E-state index in [1.165, 1.54) is 0 Å². The number of ether oxygens (including phenoxy) is 2. The van der Waals surface area contributed by atoms with E-state index in [2.05, 4.69) is 9.88 Å². The van der Waals surface area contributed by atoms with Crippen molar-refractivity contribution in [3.8, 4) is 11.5 Å². The van der Waals surface area contributed by atoms with Crippen molar-refractivity contribution in [2.45, 2.75) is 56.9 Å². The zero-order valence-corrected chi connectivity index (χ0v) is 15.0. The molecule has 1 amide bonds. The number of para-hydroxylation sites is 1. The number of benzene rings is 1. The smallest absolute Gasteiger partial charge is 0.263 e. The second-order valence-corrected chi connectivity index (χ2v) is 7.10. The van der Waals surface area contributed by atoms with Crippen LogP contribution in [-0.4, -0.2) is 40.1 Å². The van der Waals surface area contributed by atoms with Gasteiger partial charge in [0.2, 0.25) is 0 Å². The Morgan fingerprint density at radius 1 is 1.04 bits per heavy atom. The van der Waals surface area contributed by atoms with E-state index in [1.54, 1.807) is 12.4 Å². The van der Waals surface area contributed by atoms with Gasteiger partial charge in [0, 0.05) is 37.3 Å². The number of pyridine rings is 1. The lowest BCUT2D eigenvalue weighted by molar-refractivity contribution is -0.144. The van der Waals surface area contributed by atoms with Gasteiger partial charge in [-0.05, 0) is 44.0 Å². The summed E-state index contributed by atoms with van der Waals surface area (Å²) in [5, 5.41) is 0. The quantitative estimate of drug-likeness (QED) is 0.827. The minimum Gasteiger partial charge on any atom is -0.490 e. The molecule has 1 aromatic heterocycles. The van der Waals surface area contributed by atoms with Gasteiger partial charge in [0.1, 0.15) is 17.6 Å². The van der Waals surface area contributed by atoms with Crippen molar-refractivity contribution in [2.75, 3.05) is 0 Å². The molecule has 26 heavy (non-hydrogen) atoms. The number of hydrogen-bond donors (Lipinski definition) is 0. The van der Waals surface area contributed by atoms with E-state index < -0.39 is 6.10 Å². The molecule has 0 radical (unpaired) electrons. The fourth-order valence-corrected chi connectivity index (χ4v) is 4.16. The SMILES string of the molecule is CC(Oc1ccccc1)C(=O)N1C2CCC1CC(Oc1ccncc1)C2. The molecular weight excluding hydrogens is 328 g/mol. The summed E-state index contributed by atoms with van der Waals surface area (Å²) >= 11 is 0. The Balaban J connectivity index is 1.39. The van der Waals surface area contributed by atoms with Crippen molar-refractivity contribution in [1.29, 1.82) is 0 Å². The lowest BCUT2D eigenvalue weighted by Crippen LogP contribution is -2.52. The number of fused-ring (bicyclic) bond motifs is 2. The maximum Gasteiger partial charge on any atom is 0.263 e. The fraction of sp³-hybridized carbons (Fsp3) is 0.429. The second-order valence-electron chi connectivity index (χ2n) is 7.10. The Morgan fingerprint density at radius 3 is 2.35 bits per heavy atom. The van der Waals surface area contributed by atoms with Crippen LogP contribution in [0.5, 0.6) is 11.5 Å². The van der Waals surface area contributed by atoms with Gasteiger partial charge in [0.25, 0.3) is 5.91 Å². The summed E-state index contributed by atoms with van der Waals surface area (Å²) < 4.78 is 12.0. The maximum atomic E-state index is 13.0. The predicted octanol–water partition coefficient (Wildman–Crippen LogP) is 3.45. The Kier molecular flexibility index (Phi) is 4.78. The van der Waals surface area contributed by atoms with Crippen LogP contribution in [0.25, 0.3) is 0 Å². The first-order valence-corrected chi connectivity index (χ1v) is 9.31. The molecule has 0 aliphatic carbocycles. The molecule has 3 atom stereocenters. The number of piperidine rings is 1. The van der Waals surface area contributed by atoms with E-state index in [4.69, 9.17) is 9.47 Å². The average molecular weight is 352 g/mol. The molecule has 2 aliphatic heterocycles. The van der Waals surface area contributed by atoms with Crippen LogP contribution in [0.2, 0.25) is 0 Å². The summed E-state index contributed by atoms with van der Waals surface area (Å²) in [7, 11) is 0. The molecule has 2 aliphatic rings. The molecule has 5 heteroatoms. The van der Waals surface area contributed by atoms with Crippen LogP contribution in [-0.2, 0) is 4.79 Å². The number of hydrogen-bond acceptors (Lipinski definition) is 4. The van der Waals surface area contributed by atoms with Gasteiger partial charge in [-0.3, -0.25) is 9.78 Å². The summed E-state index contributed by atoms with van der Waals surface area (Å²) in [6, 6.07) is 13.8. The van der Waals surface area contributed by atoms with E-state index >= 15 is 0 Å². The predicted molar refractivity (Wildman–Crippen MR) is 98.1 cm³/mol. The molecule has 136 valence electrons. The summed E-state index contributed by atoms with van der Waals surface area (Å²) in [6.45, 7) is 1.84. The monoisotopic (exact) mass is 352 g/mol. The van der Waals surface area contributed by atoms with Gasteiger partial charge < -0.3 is 14.4 Å². The molecule has 2 fully saturated rings. The number of aromatic nitrogens is 1. The topological polar surface area (TPSA) is 51.7 Å². The van der Waals surface area contributed by atoms with Crippen molar-refractivity contribution >= 4 is 5.91 Å². The van der Waals surface area contributed by atoms with Gasteiger partial charge >= 0.3 is 0 Å². The Morgan fingerprint density at radius 2 is 1.69 bits per heavy atom. The highest BCUT2D eigenvalue weighted by atomic mass is 16.5. The van der Waals surface area contributed by atoms with Crippen molar-refractivity contribution in [1.82, 2.24) is 9.88 Å². The summed E-state index contributed by atoms with van der Waals surface area (Å²) in [5.74, 6) is 1.67. The van der Waals surface area contributed by atoms with Crippen molar-refractivity contribution < 1.29 is 14.3 Å². The van der Waals surface area contributed by atoms with Crippen LogP contribution >= 0.6 is 0 Å². The fourth-order valence-electron chi connectivity index (χ4n) is 4.16. The lowest BCUT2D eigenvalue weighted by Gasteiger charge is -2.40. The molecule has 2 aromatic rings. The highest BCUT2D eigenvalue weighted by molar-refractivity contribution is 5.82. The summed E-state index contributed by atoms with van der Waals surface area (Å²) in [5.41, 5.74) is 0. The van der Waals surface area contributed by atoms with Crippen LogP contribution in [0.15, 0.2) is 54.9 Å². The number of nitrogens with zero attached hydrogens (tertiary/aromatic N) is 2. The van der Waals surface area contributed by atoms with E-state index in [0.29, 0.717) is 0 Å². The molecule has 0 N–H and O–H groups in total. The van der Waals surface area contributed by atoms with Crippen LogP contribution < -0.4 is 9.47 Å². The molecule has 3 unspecified atom stereocenters. The Hall–Kier alpha value is -2.56. The van der Waals surface area contributed by atoms with E-state index in [1.807, 2.05) is 49.4 Å². The molecule has 1 aromatic carbocycles. The largest absolute Gasteiger partial charge is 0.490 e. The minimum atomic E-state index is -0.474. The molecular formula is C21H24N2O3. The van der Waals surface area contributed by atoms with Gasteiger partial charge in [-0.25, -0.2) is 0 Å². The van der Waals surface area contributed by atoms with Crippen LogP contribution in [0.1, 0.15) is 32.6 Å². The summed E-state index contributed by atoms with van der Waals surface area (Å²) in [6.07, 6.45) is 7.01. The van der Waals surface area contributed by atoms with Gasteiger partial charge in [0.05, 0.1) is 0 Å². The Labute approximate surface area is 153 Å². The van der Waals surface area contributed by atoms with Crippen LogP contribution in [0.3, 0.4) is 0 Å². The number of carbonyl (C=O) groups is 1. The molecule has 0 saturated carbocycles. The third-order valence-corrected chi connectivity index (χ3v) is 5.30. The first-order valence-electron chi connectivity index (χ1n) is 9.31. The third-order valence-electron chi connectivity index (χ3n) is 5.30. The molecule has 4 rings (SSSR count). The maximum absolute atomic E-state index is 13.0. The molecule has 3 heterocycles. The minimum absolute atomic E-state index is 0.0868. The third kappa shape index (κ3) is 3.52. The zero-order chi connectivity index (χ0) is 17.9. The van der Waals surface area contributed by atoms with Crippen LogP contribution in [0.4, 0.5) is 0 Å². The molecule has 2 saturated heterocycles. The molecule has 2 bridgehead atoms. The summed E-state index contributed by atoms with van der Waals surface area (Å²) in [4.78, 5) is 19.1. The normalized spacial score (nSPS) is 25.6. The second kappa shape index (κ2) is 7.36. The number of rotatable bonds is 5.